The molecule has 0 amide bonds. The highest BCUT2D eigenvalue weighted by Gasteiger charge is 2.33. The minimum atomic E-state index is -0.921. The van der Waals surface area contributed by atoms with E-state index in [1.54, 1.807) is 13.8 Å². The summed E-state index contributed by atoms with van der Waals surface area (Å²) >= 11 is 0. The highest BCUT2D eigenvalue weighted by atomic mass is 16.4. The maximum atomic E-state index is 11.6. The molecular weight excluding hydrogens is 252 g/mol. The van der Waals surface area contributed by atoms with Gasteiger partial charge in [-0.2, -0.15) is 0 Å². The molecular formula is C16H18N2O2. The summed E-state index contributed by atoms with van der Waals surface area (Å²) in [4.78, 5) is 15.8. The van der Waals surface area contributed by atoms with Gasteiger partial charge in [-0.3, -0.25) is 4.79 Å². The molecule has 1 aliphatic carbocycles. The van der Waals surface area contributed by atoms with Crippen molar-refractivity contribution >= 4 is 5.97 Å². The van der Waals surface area contributed by atoms with Gasteiger partial charge in [0.15, 0.2) is 0 Å². The minimum Gasteiger partial charge on any atom is -0.481 e. The second-order valence-corrected chi connectivity index (χ2v) is 5.89. The highest BCUT2D eigenvalue weighted by Crippen LogP contribution is 2.40. The van der Waals surface area contributed by atoms with E-state index in [2.05, 4.69) is 9.55 Å². The average Bonchev–Trinajstić information content (AvgIpc) is 3.16. The van der Waals surface area contributed by atoms with Crippen LogP contribution in [-0.4, -0.2) is 20.6 Å². The molecule has 104 valence electrons. The quantitative estimate of drug-likeness (QED) is 0.927. The Morgan fingerprint density at radius 2 is 2.05 bits per heavy atom. The van der Waals surface area contributed by atoms with Crippen molar-refractivity contribution in [2.45, 2.75) is 38.1 Å². The Kier molecular flexibility index (Phi) is 2.89. The van der Waals surface area contributed by atoms with E-state index in [-0.39, 0.29) is 0 Å². The Morgan fingerprint density at radius 1 is 1.35 bits per heavy atom. The van der Waals surface area contributed by atoms with Gasteiger partial charge in [0, 0.05) is 11.6 Å². The first-order valence-electron chi connectivity index (χ1n) is 6.87. The highest BCUT2D eigenvalue weighted by molar-refractivity contribution is 5.84. The average molecular weight is 270 g/mol. The fourth-order valence-corrected chi connectivity index (χ4v) is 2.52. The fraction of sp³-hybridized carbons (Fsp3) is 0.375. The maximum absolute atomic E-state index is 11.6. The van der Waals surface area contributed by atoms with Crippen LogP contribution < -0.4 is 0 Å². The van der Waals surface area contributed by atoms with Crippen molar-refractivity contribution in [3.8, 4) is 11.3 Å². The third-order valence-electron chi connectivity index (χ3n) is 4.02. The van der Waals surface area contributed by atoms with Gasteiger partial charge in [-0.25, -0.2) is 4.98 Å². The summed E-state index contributed by atoms with van der Waals surface area (Å²) in [5, 5.41) is 9.49. The largest absolute Gasteiger partial charge is 0.481 e. The van der Waals surface area contributed by atoms with E-state index in [0.29, 0.717) is 6.04 Å². The number of rotatable bonds is 4. The number of benzene rings is 1. The molecule has 1 saturated carbocycles. The first-order valence-corrected chi connectivity index (χ1v) is 6.87. The number of carbonyl (C=O) groups is 1. The molecule has 0 radical (unpaired) electrons. The van der Waals surface area contributed by atoms with Gasteiger partial charge < -0.3 is 9.67 Å². The monoisotopic (exact) mass is 270 g/mol. The summed E-state index contributed by atoms with van der Waals surface area (Å²) in [5.41, 5.74) is 1.88. The van der Waals surface area contributed by atoms with Crippen molar-refractivity contribution in [2.75, 3.05) is 0 Å². The molecule has 0 atom stereocenters. The third-order valence-corrected chi connectivity index (χ3v) is 4.02. The van der Waals surface area contributed by atoms with Crippen LogP contribution in [-0.2, 0) is 10.2 Å². The van der Waals surface area contributed by atoms with Crippen LogP contribution in [0.15, 0.2) is 36.8 Å². The van der Waals surface area contributed by atoms with Crippen LogP contribution in [0.25, 0.3) is 11.3 Å². The number of aliphatic carboxylic acids is 1. The molecule has 3 rings (SSSR count). The molecule has 0 saturated heterocycles. The van der Waals surface area contributed by atoms with Gasteiger partial charge in [-0.05, 0) is 32.3 Å². The number of carboxylic acids is 1. The predicted molar refractivity (Wildman–Crippen MR) is 76.6 cm³/mol. The van der Waals surface area contributed by atoms with Gasteiger partial charge in [0.2, 0.25) is 0 Å². The Labute approximate surface area is 118 Å². The predicted octanol–water partition coefficient (Wildman–Crippen LogP) is 3.25. The maximum Gasteiger partial charge on any atom is 0.313 e. The smallest absolute Gasteiger partial charge is 0.313 e. The van der Waals surface area contributed by atoms with Crippen LogP contribution in [0.4, 0.5) is 0 Å². The van der Waals surface area contributed by atoms with Crippen LogP contribution in [0.1, 0.15) is 38.3 Å². The summed E-state index contributed by atoms with van der Waals surface area (Å²) < 4.78 is 2.16. The van der Waals surface area contributed by atoms with E-state index in [0.717, 1.165) is 16.8 Å². The number of carboxylic acid groups (broad SMARTS) is 1. The van der Waals surface area contributed by atoms with Crippen LogP contribution in [0, 0.1) is 0 Å². The molecule has 4 nitrogen and oxygen atoms in total. The summed E-state index contributed by atoms with van der Waals surface area (Å²) in [5.74, 6) is -0.817. The van der Waals surface area contributed by atoms with E-state index in [1.165, 1.54) is 12.8 Å². The lowest BCUT2D eigenvalue weighted by atomic mass is 9.81. The lowest BCUT2D eigenvalue weighted by Crippen LogP contribution is -2.29. The van der Waals surface area contributed by atoms with Crippen molar-refractivity contribution < 1.29 is 9.90 Å². The van der Waals surface area contributed by atoms with E-state index < -0.39 is 11.4 Å². The lowest BCUT2D eigenvalue weighted by molar-refractivity contribution is -0.142. The number of hydrogen-bond donors (Lipinski definition) is 1. The zero-order valence-electron chi connectivity index (χ0n) is 11.7. The Hall–Kier alpha value is -2.10. The van der Waals surface area contributed by atoms with E-state index in [1.807, 2.05) is 36.8 Å². The molecule has 0 bridgehead atoms. The SMILES string of the molecule is CC(C)(C(=O)O)c1ccccc1-c1cncn1C1CC1. The first-order chi connectivity index (χ1) is 9.51. The molecule has 20 heavy (non-hydrogen) atoms. The van der Waals surface area contributed by atoms with Crippen molar-refractivity contribution in [3.05, 3.63) is 42.4 Å². The summed E-state index contributed by atoms with van der Waals surface area (Å²) in [6.07, 6.45) is 6.02. The molecule has 0 unspecified atom stereocenters. The van der Waals surface area contributed by atoms with Crippen LogP contribution in [0.2, 0.25) is 0 Å². The fourth-order valence-electron chi connectivity index (χ4n) is 2.52. The molecule has 1 aromatic carbocycles. The Bertz CT molecular complexity index is 654. The Morgan fingerprint density at radius 3 is 2.70 bits per heavy atom. The van der Waals surface area contributed by atoms with Crippen molar-refractivity contribution in [1.82, 2.24) is 9.55 Å². The first kappa shape index (κ1) is 12.9. The molecule has 0 aliphatic heterocycles. The summed E-state index contributed by atoms with van der Waals surface area (Å²) in [7, 11) is 0. The standard InChI is InChI=1S/C16H18N2O2/c1-16(2,15(19)20)13-6-4-3-5-12(13)14-9-17-10-18(14)11-7-8-11/h3-6,9-11H,7-8H2,1-2H3,(H,19,20). The van der Waals surface area contributed by atoms with E-state index >= 15 is 0 Å². The van der Waals surface area contributed by atoms with Crippen molar-refractivity contribution in [3.63, 3.8) is 0 Å². The van der Waals surface area contributed by atoms with E-state index in [9.17, 15) is 9.90 Å². The van der Waals surface area contributed by atoms with Gasteiger partial charge in [0.25, 0.3) is 0 Å². The van der Waals surface area contributed by atoms with Crippen LogP contribution in [0.3, 0.4) is 0 Å². The summed E-state index contributed by atoms with van der Waals surface area (Å²) in [6.45, 7) is 3.48. The number of imidazole rings is 1. The second-order valence-electron chi connectivity index (χ2n) is 5.89. The Balaban J connectivity index is 2.15. The van der Waals surface area contributed by atoms with E-state index in [4.69, 9.17) is 0 Å². The molecule has 4 heteroatoms. The van der Waals surface area contributed by atoms with Crippen LogP contribution >= 0.6 is 0 Å². The van der Waals surface area contributed by atoms with Crippen molar-refractivity contribution in [2.24, 2.45) is 0 Å². The second kappa shape index (κ2) is 4.47. The molecule has 1 heterocycles. The minimum absolute atomic E-state index is 0.522. The van der Waals surface area contributed by atoms with Gasteiger partial charge in [0.1, 0.15) is 0 Å². The molecule has 2 aromatic rings. The zero-order valence-corrected chi connectivity index (χ0v) is 11.7. The van der Waals surface area contributed by atoms with Gasteiger partial charge in [-0.1, -0.05) is 24.3 Å². The van der Waals surface area contributed by atoms with Gasteiger partial charge >= 0.3 is 5.97 Å². The molecule has 1 aromatic heterocycles. The molecule has 0 spiro atoms. The summed E-state index contributed by atoms with van der Waals surface area (Å²) in [6, 6.07) is 8.24. The lowest BCUT2D eigenvalue weighted by Gasteiger charge is -2.23. The number of aromatic nitrogens is 2. The topological polar surface area (TPSA) is 55.1 Å². The molecule has 1 fully saturated rings. The van der Waals surface area contributed by atoms with Gasteiger partial charge in [-0.15, -0.1) is 0 Å². The molecule has 1 N–H and O–H groups in total. The van der Waals surface area contributed by atoms with Crippen molar-refractivity contribution in [1.29, 1.82) is 0 Å². The zero-order chi connectivity index (χ0) is 14.3. The normalized spacial score (nSPS) is 15.3. The van der Waals surface area contributed by atoms with Crippen LogP contribution in [0.5, 0.6) is 0 Å². The molecule has 1 aliphatic rings. The number of nitrogens with zero attached hydrogens (tertiary/aromatic N) is 2. The number of hydrogen-bond acceptors (Lipinski definition) is 2. The third kappa shape index (κ3) is 2.01. The van der Waals surface area contributed by atoms with Gasteiger partial charge in [0.05, 0.1) is 23.6 Å².